The number of thiocarbonyl (C=S) groups is 1. The molecule has 0 heterocycles. The van der Waals surface area contributed by atoms with Crippen LogP contribution in [-0.4, -0.2) is 35.8 Å². The van der Waals surface area contributed by atoms with Crippen LogP contribution in [0.15, 0.2) is 9.98 Å². The summed E-state index contributed by atoms with van der Waals surface area (Å²) in [7, 11) is 0. The predicted molar refractivity (Wildman–Crippen MR) is 59.4 cm³/mol. The number of carbonyl (C=O) groups excluding carboxylic acids is 1. The van der Waals surface area contributed by atoms with Crippen molar-refractivity contribution in [1.29, 1.82) is 0 Å². The van der Waals surface area contributed by atoms with Crippen molar-refractivity contribution in [3.63, 3.8) is 0 Å². The lowest BCUT2D eigenvalue weighted by molar-refractivity contribution is 0.562. The number of aliphatic imine (C=N–C) groups is 2. The maximum absolute atomic E-state index is 9.68. The molecule has 0 aliphatic heterocycles. The number of hydrogen-bond acceptors (Lipinski definition) is 5. The summed E-state index contributed by atoms with van der Waals surface area (Å²) in [6, 6.07) is 0. The number of thioether (sulfide) groups is 1. The number of isothiocyanates is 1. The largest absolute Gasteiger partial charge is 0.234 e. The Hall–Kier alpha value is -0.470. The molecular weight excluding hydrogens is 204 g/mol. The van der Waals surface area contributed by atoms with Crippen molar-refractivity contribution < 1.29 is 4.79 Å². The maximum atomic E-state index is 9.68. The number of nitrogens with zero attached hydrogens (tertiary/aromatic N) is 2. The van der Waals surface area contributed by atoms with Crippen molar-refractivity contribution in [2.45, 2.75) is 12.8 Å². The molecule has 0 saturated heterocycles. The Morgan fingerprint density at radius 1 is 1.15 bits per heavy atom. The summed E-state index contributed by atoms with van der Waals surface area (Å²) in [5.74, 6) is 2.11. The third-order valence-corrected chi connectivity index (χ3v) is 2.53. The molecular formula is C8H12N2OS2. The molecule has 0 bridgehead atoms. The van der Waals surface area contributed by atoms with Gasteiger partial charge in [-0.2, -0.15) is 11.8 Å². The molecule has 0 aliphatic rings. The first-order chi connectivity index (χ1) is 6.41. The summed E-state index contributed by atoms with van der Waals surface area (Å²) in [4.78, 5) is 16.9. The van der Waals surface area contributed by atoms with E-state index in [0.717, 1.165) is 30.9 Å². The van der Waals surface area contributed by atoms with Crippen LogP contribution in [0, 0.1) is 0 Å². The average Bonchev–Trinajstić information content (AvgIpc) is 2.16. The molecule has 0 N–H and O–H groups in total. The smallest absolute Gasteiger partial charge is 0.233 e. The highest BCUT2D eigenvalue weighted by atomic mass is 32.2. The van der Waals surface area contributed by atoms with Crippen LogP contribution >= 0.6 is 24.0 Å². The molecule has 0 unspecified atom stereocenters. The van der Waals surface area contributed by atoms with E-state index in [4.69, 9.17) is 0 Å². The van der Waals surface area contributed by atoms with Gasteiger partial charge in [-0.05, 0) is 36.6 Å². The van der Waals surface area contributed by atoms with Crippen molar-refractivity contribution in [3.05, 3.63) is 0 Å². The highest BCUT2D eigenvalue weighted by Gasteiger charge is 1.89. The Morgan fingerprint density at radius 3 is 2.31 bits per heavy atom. The first-order valence-corrected chi connectivity index (χ1v) is 5.63. The summed E-state index contributed by atoms with van der Waals surface area (Å²) in [5.41, 5.74) is 0. The van der Waals surface area contributed by atoms with Crippen LogP contribution in [0.3, 0.4) is 0 Å². The lowest BCUT2D eigenvalue weighted by atomic mass is 10.5. The highest BCUT2D eigenvalue weighted by molar-refractivity contribution is 7.99. The molecule has 13 heavy (non-hydrogen) atoms. The Balaban J connectivity index is 2.99. The molecule has 0 rings (SSSR count). The molecule has 0 aromatic heterocycles. The molecule has 0 aromatic carbocycles. The fourth-order valence-corrected chi connectivity index (χ4v) is 1.65. The van der Waals surface area contributed by atoms with Gasteiger partial charge in [0.05, 0.1) is 18.3 Å². The third kappa shape index (κ3) is 11.5. The minimum atomic E-state index is 0.592. The molecule has 0 atom stereocenters. The van der Waals surface area contributed by atoms with Crippen LogP contribution in [0.25, 0.3) is 0 Å². The topological polar surface area (TPSA) is 41.8 Å². The molecule has 0 aliphatic carbocycles. The predicted octanol–water partition coefficient (Wildman–Crippen LogP) is 1.94. The summed E-state index contributed by atoms with van der Waals surface area (Å²) in [5, 5.41) is 2.33. The number of isocyanates is 1. The van der Waals surface area contributed by atoms with Crippen LogP contribution in [0.2, 0.25) is 0 Å². The van der Waals surface area contributed by atoms with Crippen LogP contribution in [-0.2, 0) is 4.79 Å². The second-order valence-corrected chi connectivity index (χ2v) is 3.67. The van der Waals surface area contributed by atoms with E-state index in [1.54, 1.807) is 0 Å². The fraction of sp³-hybridized carbons (Fsp3) is 0.750. The SMILES string of the molecule is O=C=NCCCSCCCN=C=S. The van der Waals surface area contributed by atoms with E-state index in [0.29, 0.717) is 6.54 Å². The Bertz CT molecular complexity index is 186. The van der Waals surface area contributed by atoms with E-state index in [1.807, 2.05) is 11.8 Å². The molecule has 0 amide bonds. The minimum absolute atomic E-state index is 0.592. The minimum Gasteiger partial charge on any atom is -0.233 e. The number of rotatable bonds is 8. The van der Waals surface area contributed by atoms with Crippen LogP contribution in [0.4, 0.5) is 0 Å². The third-order valence-electron chi connectivity index (χ3n) is 1.25. The highest BCUT2D eigenvalue weighted by Crippen LogP contribution is 2.04. The van der Waals surface area contributed by atoms with Crippen molar-refractivity contribution in [2.75, 3.05) is 24.6 Å². The van der Waals surface area contributed by atoms with Gasteiger partial charge in [-0.3, -0.25) is 0 Å². The van der Waals surface area contributed by atoms with Gasteiger partial charge < -0.3 is 0 Å². The summed E-state index contributed by atoms with van der Waals surface area (Å²) < 4.78 is 0. The van der Waals surface area contributed by atoms with Crippen LogP contribution in [0.5, 0.6) is 0 Å². The Morgan fingerprint density at radius 2 is 1.77 bits per heavy atom. The van der Waals surface area contributed by atoms with Crippen molar-refractivity contribution in [1.82, 2.24) is 0 Å². The molecule has 3 nitrogen and oxygen atoms in total. The zero-order valence-corrected chi connectivity index (χ0v) is 8.99. The van der Waals surface area contributed by atoms with Gasteiger partial charge in [-0.25, -0.2) is 14.8 Å². The summed E-state index contributed by atoms with van der Waals surface area (Å²) >= 11 is 6.27. The molecule has 0 aromatic rings. The molecule has 0 saturated carbocycles. The molecule has 0 fully saturated rings. The Kier molecular flexibility index (Phi) is 11.1. The zero-order valence-electron chi connectivity index (χ0n) is 7.36. The van der Waals surface area contributed by atoms with E-state index >= 15 is 0 Å². The van der Waals surface area contributed by atoms with Gasteiger partial charge >= 0.3 is 0 Å². The van der Waals surface area contributed by atoms with E-state index in [-0.39, 0.29) is 0 Å². The van der Waals surface area contributed by atoms with Crippen LogP contribution in [0.1, 0.15) is 12.8 Å². The quantitative estimate of drug-likeness (QED) is 0.269. The van der Waals surface area contributed by atoms with Gasteiger partial charge in [0, 0.05) is 0 Å². The second kappa shape index (κ2) is 11.5. The zero-order chi connectivity index (χ0) is 9.78. The van der Waals surface area contributed by atoms with E-state index in [2.05, 4.69) is 27.4 Å². The first-order valence-electron chi connectivity index (χ1n) is 4.07. The van der Waals surface area contributed by atoms with E-state index < -0.39 is 0 Å². The standard InChI is InChI=1S/C8H12N2OS2/c11-7-9-3-1-5-13-6-2-4-10-8-12/h1-6H2. The molecule has 0 radical (unpaired) electrons. The Labute approximate surface area is 87.7 Å². The fourth-order valence-electron chi connectivity index (χ4n) is 0.685. The normalized spacial score (nSPS) is 8.62. The van der Waals surface area contributed by atoms with Gasteiger partial charge in [0.2, 0.25) is 6.08 Å². The van der Waals surface area contributed by atoms with Gasteiger partial charge in [0.25, 0.3) is 0 Å². The first kappa shape index (κ1) is 12.5. The number of hydrogen-bond donors (Lipinski definition) is 0. The summed E-state index contributed by atoms with van der Waals surface area (Å²) in [6.45, 7) is 1.36. The van der Waals surface area contributed by atoms with Crippen molar-refractivity contribution in [2.24, 2.45) is 9.98 Å². The lowest BCUT2D eigenvalue weighted by Crippen LogP contribution is -1.89. The molecule has 5 heteroatoms. The molecule has 72 valence electrons. The maximum Gasteiger partial charge on any atom is 0.234 e. The van der Waals surface area contributed by atoms with Gasteiger partial charge in [-0.1, -0.05) is 0 Å². The van der Waals surface area contributed by atoms with Gasteiger partial charge in [0.15, 0.2) is 0 Å². The monoisotopic (exact) mass is 216 g/mol. The summed E-state index contributed by atoms with van der Waals surface area (Å²) in [6.07, 6.45) is 3.49. The van der Waals surface area contributed by atoms with E-state index in [9.17, 15) is 4.79 Å². The lowest BCUT2D eigenvalue weighted by Gasteiger charge is -1.96. The van der Waals surface area contributed by atoms with Crippen LogP contribution < -0.4 is 0 Å². The van der Waals surface area contributed by atoms with Gasteiger partial charge in [0.1, 0.15) is 0 Å². The second-order valence-electron chi connectivity index (χ2n) is 2.27. The molecule has 0 spiro atoms. The van der Waals surface area contributed by atoms with E-state index in [1.165, 1.54) is 6.08 Å². The van der Waals surface area contributed by atoms with Crippen molar-refractivity contribution in [3.8, 4) is 0 Å². The van der Waals surface area contributed by atoms with Gasteiger partial charge in [-0.15, -0.1) is 0 Å². The van der Waals surface area contributed by atoms with Crippen molar-refractivity contribution >= 4 is 35.2 Å². The average molecular weight is 216 g/mol.